The van der Waals surface area contributed by atoms with E-state index in [0.717, 1.165) is 12.1 Å². The number of aromatic nitrogens is 2. The lowest BCUT2D eigenvalue weighted by molar-refractivity contribution is 0.100. The highest BCUT2D eigenvalue weighted by Crippen LogP contribution is 2.19. The molecule has 20 heavy (non-hydrogen) atoms. The van der Waals surface area contributed by atoms with Crippen LogP contribution in [0, 0.1) is 5.82 Å². The standard InChI is InChI=1S/C14H17FN4O/c1-3-17-9(2)10-4-5-13(12(15)6-10)19-8-11(7-18-19)14(16)20/h4-9,17H,3H2,1-2H3,(H2,16,20). The highest BCUT2D eigenvalue weighted by atomic mass is 19.1. The summed E-state index contributed by atoms with van der Waals surface area (Å²) in [6.45, 7) is 4.78. The number of nitrogens with zero attached hydrogens (tertiary/aromatic N) is 2. The third-order valence-electron chi connectivity index (χ3n) is 3.10. The Labute approximate surface area is 116 Å². The van der Waals surface area contributed by atoms with Crippen molar-refractivity contribution in [1.29, 1.82) is 0 Å². The maximum absolute atomic E-state index is 14.1. The summed E-state index contributed by atoms with van der Waals surface area (Å²) in [7, 11) is 0. The third-order valence-corrected chi connectivity index (χ3v) is 3.10. The zero-order valence-electron chi connectivity index (χ0n) is 11.4. The summed E-state index contributed by atoms with van der Waals surface area (Å²) in [5.41, 5.74) is 6.53. The molecule has 0 saturated heterocycles. The van der Waals surface area contributed by atoms with E-state index in [1.807, 2.05) is 19.9 Å². The number of hydrogen-bond acceptors (Lipinski definition) is 3. The summed E-state index contributed by atoms with van der Waals surface area (Å²) in [4.78, 5) is 11.0. The minimum absolute atomic E-state index is 0.0716. The average Bonchev–Trinajstić information content (AvgIpc) is 2.88. The summed E-state index contributed by atoms with van der Waals surface area (Å²) in [5.74, 6) is -0.986. The van der Waals surface area contributed by atoms with Crippen molar-refractivity contribution >= 4 is 5.91 Å². The Morgan fingerprint density at radius 2 is 2.30 bits per heavy atom. The van der Waals surface area contributed by atoms with Gasteiger partial charge in [-0.05, 0) is 31.2 Å². The fourth-order valence-corrected chi connectivity index (χ4v) is 1.98. The molecule has 1 amide bonds. The molecule has 3 N–H and O–H groups in total. The monoisotopic (exact) mass is 276 g/mol. The average molecular weight is 276 g/mol. The zero-order chi connectivity index (χ0) is 14.7. The Kier molecular flexibility index (Phi) is 4.14. The van der Waals surface area contributed by atoms with Gasteiger partial charge < -0.3 is 11.1 Å². The van der Waals surface area contributed by atoms with Gasteiger partial charge in [0, 0.05) is 12.2 Å². The Balaban J connectivity index is 2.31. The smallest absolute Gasteiger partial charge is 0.251 e. The van der Waals surface area contributed by atoms with Gasteiger partial charge in [0.1, 0.15) is 11.5 Å². The van der Waals surface area contributed by atoms with Crippen LogP contribution in [0.3, 0.4) is 0 Å². The van der Waals surface area contributed by atoms with Gasteiger partial charge in [0.05, 0.1) is 11.8 Å². The molecule has 0 aliphatic carbocycles. The Hall–Kier alpha value is -2.21. The van der Waals surface area contributed by atoms with Crippen LogP contribution >= 0.6 is 0 Å². The van der Waals surface area contributed by atoms with Crippen LogP contribution < -0.4 is 11.1 Å². The molecule has 1 aromatic carbocycles. The lowest BCUT2D eigenvalue weighted by Gasteiger charge is -2.13. The summed E-state index contributed by atoms with van der Waals surface area (Å²) in [5, 5.41) is 7.16. The molecule has 1 heterocycles. The molecule has 6 heteroatoms. The molecule has 0 spiro atoms. The molecule has 0 fully saturated rings. The van der Waals surface area contributed by atoms with Crippen molar-refractivity contribution in [3.8, 4) is 5.69 Å². The first-order chi connectivity index (χ1) is 9.52. The molecule has 1 atom stereocenters. The minimum Gasteiger partial charge on any atom is -0.366 e. The van der Waals surface area contributed by atoms with Gasteiger partial charge in [0.15, 0.2) is 0 Å². The number of nitrogens with one attached hydrogen (secondary N) is 1. The van der Waals surface area contributed by atoms with Crippen LogP contribution in [0.4, 0.5) is 4.39 Å². The minimum atomic E-state index is -0.589. The van der Waals surface area contributed by atoms with Gasteiger partial charge in [-0.1, -0.05) is 13.0 Å². The molecule has 0 saturated carbocycles. The molecular weight excluding hydrogens is 259 g/mol. The van der Waals surface area contributed by atoms with Gasteiger partial charge in [0.2, 0.25) is 0 Å². The van der Waals surface area contributed by atoms with Crippen LogP contribution in [-0.2, 0) is 0 Å². The van der Waals surface area contributed by atoms with Crippen molar-refractivity contribution in [2.24, 2.45) is 5.73 Å². The first kappa shape index (κ1) is 14.2. The van der Waals surface area contributed by atoms with Crippen molar-refractivity contribution in [3.63, 3.8) is 0 Å². The first-order valence-electron chi connectivity index (χ1n) is 6.40. The Bertz CT molecular complexity index is 623. The van der Waals surface area contributed by atoms with Gasteiger partial charge in [-0.2, -0.15) is 5.10 Å². The predicted molar refractivity (Wildman–Crippen MR) is 74.1 cm³/mol. The van der Waals surface area contributed by atoms with Gasteiger partial charge in [-0.3, -0.25) is 4.79 Å². The second kappa shape index (κ2) is 5.83. The molecule has 5 nitrogen and oxygen atoms in total. The van der Waals surface area contributed by atoms with E-state index in [-0.39, 0.29) is 17.3 Å². The maximum Gasteiger partial charge on any atom is 0.251 e. The van der Waals surface area contributed by atoms with E-state index in [9.17, 15) is 9.18 Å². The van der Waals surface area contributed by atoms with Crippen LogP contribution in [0.1, 0.15) is 35.8 Å². The summed E-state index contributed by atoms with van der Waals surface area (Å²) >= 11 is 0. The van der Waals surface area contributed by atoms with Gasteiger partial charge in [-0.25, -0.2) is 9.07 Å². The topological polar surface area (TPSA) is 72.9 Å². The number of benzene rings is 1. The number of halogens is 1. The molecular formula is C14H17FN4O. The maximum atomic E-state index is 14.1. The van der Waals surface area contributed by atoms with Crippen LogP contribution in [0.25, 0.3) is 5.69 Å². The normalized spacial score (nSPS) is 12.3. The van der Waals surface area contributed by atoms with E-state index in [1.165, 1.54) is 23.1 Å². The number of nitrogens with two attached hydrogens (primary N) is 1. The predicted octanol–water partition coefficient (Wildman–Crippen LogP) is 1.78. The summed E-state index contributed by atoms with van der Waals surface area (Å²) < 4.78 is 15.4. The second-order valence-corrected chi connectivity index (χ2v) is 4.53. The van der Waals surface area contributed by atoms with Gasteiger partial charge in [-0.15, -0.1) is 0 Å². The highest BCUT2D eigenvalue weighted by Gasteiger charge is 2.12. The molecule has 0 aliphatic heterocycles. The zero-order valence-corrected chi connectivity index (χ0v) is 11.4. The number of carbonyl (C=O) groups is 1. The van der Waals surface area contributed by atoms with E-state index in [2.05, 4.69) is 10.4 Å². The van der Waals surface area contributed by atoms with Crippen LogP contribution in [0.15, 0.2) is 30.6 Å². The number of primary amides is 1. The van der Waals surface area contributed by atoms with Gasteiger partial charge in [0.25, 0.3) is 5.91 Å². The highest BCUT2D eigenvalue weighted by molar-refractivity contribution is 5.92. The van der Waals surface area contributed by atoms with Crippen molar-refractivity contribution in [1.82, 2.24) is 15.1 Å². The molecule has 1 unspecified atom stereocenters. The van der Waals surface area contributed by atoms with Crippen LogP contribution in [0.2, 0.25) is 0 Å². The lowest BCUT2D eigenvalue weighted by Crippen LogP contribution is -2.18. The number of hydrogen-bond donors (Lipinski definition) is 2. The quantitative estimate of drug-likeness (QED) is 0.874. The van der Waals surface area contributed by atoms with Crippen molar-refractivity contribution in [2.75, 3.05) is 6.54 Å². The first-order valence-corrected chi connectivity index (χ1v) is 6.40. The Morgan fingerprint density at radius 1 is 1.55 bits per heavy atom. The van der Waals surface area contributed by atoms with E-state index in [1.54, 1.807) is 6.07 Å². The van der Waals surface area contributed by atoms with Crippen molar-refractivity contribution < 1.29 is 9.18 Å². The Morgan fingerprint density at radius 3 is 2.85 bits per heavy atom. The van der Waals surface area contributed by atoms with Crippen molar-refractivity contribution in [2.45, 2.75) is 19.9 Å². The lowest BCUT2D eigenvalue weighted by atomic mass is 10.1. The molecule has 0 radical (unpaired) electrons. The molecule has 106 valence electrons. The molecule has 0 aliphatic rings. The third kappa shape index (κ3) is 2.85. The van der Waals surface area contributed by atoms with E-state index < -0.39 is 11.7 Å². The molecule has 0 bridgehead atoms. The molecule has 2 aromatic rings. The number of rotatable bonds is 5. The fourth-order valence-electron chi connectivity index (χ4n) is 1.98. The largest absolute Gasteiger partial charge is 0.366 e. The van der Waals surface area contributed by atoms with E-state index in [0.29, 0.717) is 0 Å². The van der Waals surface area contributed by atoms with Crippen LogP contribution in [-0.4, -0.2) is 22.2 Å². The van der Waals surface area contributed by atoms with Crippen molar-refractivity contribution in [3.05, 3.63) is 47.5 Å². The number of carbonyl (C=O) groups excluding carboxylic acids is 1. The van der Waals surface area contributed by atoms with E-state index >= 15 is 0 Å². The van der Waals surface area contributed by atoms with E-state index in [4.69, 9.17) is 5.73 Å². The molecule has 1 aromatic heterocycles. The van der Waals surface area contributed by atoms with Crippen LogP contribution in [0.5, 0.6) is 0 Å². The molecule has 2 rings (SSSR count). The SMILES string of the molecule is CCNC(C)c1ccc(-n2cc(C(N)=O)cn2)c(F)c1. The summed E-state index contributed by atoms with van der Waals surface area (Å²) in [6, 6.07) is 5.00. The fraction of sp³-hybridized carbons (Fsp3) is 0.286. The second-order valence-electron chi connectivity index (χ2n) is 4.53. The number of amides is 1. The van der Waals surface area contributed by atoms with Gasteiger partial charge >= 0.3 is 0 Å². The summed E-state index contributed by atoms with van der Waals surface area (Å²) in [6.07, 6.45) is 2.73.